The minimum absolute atomic E-state index is 0.0933. The van der Waals surface area contributed by atoms with Crippen molar-refractivity contribution in [3.63, 3.8) is 0 Å². The summed E-state index contributed by atoms with van der Waals surface area (Å²) in [5.41, 5.74) is 7.32. The first-order valence-corrected chi connectivity index (χ1v) is 6.41. The molecule has 1 rings (SSSR count). The van der Waals surface area contributed by atoms with Crippen molar-refractivity contribution in [2.75, 3.05) is 12.3 Å². The van der Waals surface area contributed by atoms with Gasteiger partial charge in [-0.2, -0.15) is 0 Å². The zero-order valence-electron chi connectivity index (χ0n) is 9.73. The zero-order chi connectivity index (χ0) is 12.7. The number of thioether (sulfide) groups is 1. The first kappa shape index (κ1) is 13.6. The SMILES string of the molecule is Cc1ccc(CSCC(=O)NCC(N)=O)cc1. The van der Waals surface area contributed by atoms with E-state index in [-0.39, 0.29) is 12.5 Å². The molecule has 0 aliphatic rings. The molecule has 0 spiro atoms. The normalized spacial score (nSPS) is 9.94. The highest BCUT2D eigenvalue weighted by molar-refractivity contribution is 7.99. The molecule has 3 N–H and O–H groups in total. The van der Waals surface area contributed by atoms with E-state index in [1.165, 1.54) is 22.9 Å². The predicted molar refractivity (Wildman–Crippen MR) is 69.5 cm³/mol. The highest BCUT2D eigenvalue weighted by Gasteiger charge is 2.02. The molecule has 0 fully saturated rings. The summed E-state index contributed by atoms with van der Waals surface area (Å²) < 4.78 is 0. The van der Waals surface area contributed by atoms with Crippen molar-refractivity contribution in [2.24, 2.45) is 5.73 Å². The highest BCUT2D eigenvalue weighted by atomic mass is 32.2. The first-order chi connectivity index (χ1) is 8.08. The number of hydrogen-bond acceptors (Lipinski definition) is 3. The second kappa shape index (κ2) is 6.96. The predicted octanol–water partition coefficient (Wildman–Crippen LogP) is 0.830. The minimum atomic E-state index is -0.526. The third-order valence-electron chi connectivity index (χ3n) is 2.08. The monoisotopic (exact) mass is 252 g/mol. The van der Waals surface area contributed by atoms with Crippen molar-refractivity contribution >= 4 is 23.6 Å². The maximum absolute atomic E-state index is 11.3. The molecular formula is C12H16N2O2S. The van der Waals surface area contributed by atoms with Gasteiger partial charge in [0.1, 0.15) is 0 Å². The molecule has 0 saturated heterocycles. The van der Waals surface area contributed by atoms with Gasteiger partial charge >= 0.3 is 0 Å². The summed E-state index contributed by atoms with van der Waals surface area (Å²) in [4.78, 5) is 21.7. The molecule has 0 unspecified atom stereocenters. The fraction of sp³-hybridized carbons (Fsp3) is 0.333. The molecule has 2 amide bonds. The third kappa shape index (κ3) is 5.97. The van der Waals surface area contributed by atoms with E-state index in [4.69, 9.17) is 5.73 Å². The number of nitrogens with two attached hydrogens (primary N) is 1. The molecule has 0 heterocycles. The summed E-state index contributed by atoms with van der Waals surface area (Å²) >= 11 is 1.51. The summed E-state index contributed by atoms with van der Waals surface area (Å²) in [7, 11) is 0. The molecule has 0 aliphatic carbocycles. The van der Waals surface area contributed by atoms with Crippen LogP contribution in [0.25, 0.3) is 0 Å². The van der Waals surface area contributed by atoms with Crippen molar-refractivity contribution in [1.29, 1.82) is 0 Å². The summed E-state index contributed by atoms with van der Waals surface area (Å²) in [5.74, 6) is 0.425. The molecule has 5 heteroatoms. The Morgan fingerprint density at radius 2 is 1.94 bits per heavy atom. The first-order valence-electron chi connectivity index (χ1n) is 5.26. The number of aryl methyl sites for hydroxylation is 1. The summed E-state index contributed by atoms with van der Waals surface area (Å²) in [5, 5.41) is 2.44. The van der Waals surface area contributed by atoms with Gasteiger partial charge in [-0.25, -0.2) is 0 Å². The van der Waals surface area contributed by atoms with Crippen LogP contribution in [0.2, 0.25) is 0 Å². The van der Waals surface area contributed by atoms with Gasteiger partial charge < -0.3 is 11.1 Å². The van der Waals surface area contributed by atoms with E-state index in [1.54, 1.807) is 0 Å². The van der Waals surface area contributed by atoms with E-state index in [0.29, 0.717) is 5.75 Å². The number of carbonyl (C=O) groups excluding carboxylic acids is 2. The van der Waals surface area contributed by atoms with Crippen LogP contribution in [0.15, 0.2) is 24.3 Å². The number of amides is 2. The maximum atomic E-state index is 11.3. The molecule has 0 atom stereocenters. The van der Waals surface area contributed by atoms with Crippen LogP contribution in [0.4, 0.5) is 0 Å². The van der Waals surface area contributed by atoms with E-state index < -0.39 is 5.91 Å². The van der Waals surface area contributed by atoms with Crippen LogP contribution in [0.1, 0.15) is 11.1 Å². The number of nitrogens with one attached hydrogen (secondary N) is 1. The molecule has 4 nitrogen and oxygen atoms in total. The van der Waals surface area contributed by atoms with Gasteiger partial charge in [-0.15, -0.1) is 11.8 Å². The van der Waals surface area contributed by atoms with Crippen molar-refractivity contribution in [1.82, 2.24) is 5.32 Å². The van der Waals surface area contributed by atoms with Crippen LogP contribution >= 0.6 is 11.8 Å². The summed E-state index contributed by atoms with van der Waals surface area (Å²) in [6.45, 7) is 1.94. The molecule has 1 aromatic carbocycles. The average Bonchev–Trinajstić information content (AvgIpc) is 2.29. The van der Waals surface area contributed by atoms with Crippen LogP contribution in [0.3, 0.4) is 0 Å². The lowest BCUT2D eigenvalue weighted by molar-refractivity contribution is -0.123. The Hall–Kier alpha value is -1.49. The minimum Gasteiger partial charge on any atom is -0.368 e. The number of benzene rings is 1. The molecule has 0 saturated carbocycles. The molecular weight excluding hydrogens is 236 g/mol. The van der Waals surface area contributed by atoms with Gasteiger partial charge in [0.2, 0.25) is 11.8 Å². The van der Waals surface area contributed by atoms with Gasteiger partial charge in [0.15, 0.2) is 0 Å². The van der Waals surface area contributed by atoms with E-state index in [9.17, 15) is 9.59 Å². The highest BCUT2D eigenvalue weighted by Crippen LogP contribution is 2.12. The van der Waals surface area contributed by atoms with Gasteiger partial charge in [-0.3, -0.25) is 9.59 Å². The van der Waals surface area contributed by atoms with E-state index in [0.717, 1.165) is 5.75 Å². The van der Waals surface area contributed by atoms with Crippen LogP contribution in [-0.2, 0) is 15.3 Å². The number of hydrogen-bond donors (Lipinski definition) is 2. The van der Waals surface area contributed by atoms with Crippen molar-refractivity contribution in [2.45, 2.75) is 12.7 Å². The molecule has 17 heavy (non-hydrogen) atoms. The smallest absolute Gasteiger partial charge is 0.236 e. The third-order valence-corrected chi connectivity index (χ3v) is 3.09. The standard InChI is InChI=1S/C12H16N2O2S/c1-9-2-4-10(5-3-9)7-17-8-12(16)14-6-11(13)15/h2-5H,6-8H2,1H3,(H2,13,15)(H,14,16). The van der Waals surface area contributed by atoms with Gasteiger partial charge in [-0.05, 0) is 12.5 Å². The Balaban J connectivity index is 2.21. The molecule has 92 valence electrons. The van der Waals surface area contributed by atoms with Crippen molar-refractivity contribution in [3.8, 4) is 0 Å². The Labute approximate surface area is 105 Å². The fourth-order valence-electron chi connectivity index (χ4n) is 1.18. The lowest BCUT2D eigenvalue weighted by Gasteiger charge is -2.03. The van der Waals surface area contributed by atoms with E-state index in [1.807, 2.05) is 31.2 Å². The molecule has 0 aromatic heterocycles. The summed E-state index contributed by atoms with van der Waals surface area (Å²) in [6, 6.07) is 8.18. The second-order valence-corrected chi connectivity index (χ2v) is 4.71. The quantitative estimate of drug-likeness (QED) is 0.787. The van der Waals surface area contributed by atoms with Crippen LogP contribution in [-0.4, -0.2) is 24.1 Å². The Morgan fingerprint density at radius 1 is 1.29 bits per heavy atom. The number of primary amides is 1. The molecule has 0 bridgehead atoms. The largest absolute Gasteiger partial charge is 0.368 e. The molecule has 0 aliphatic heterocycles. The summed E-state index contributed by atoms with van der Waals surface area (Å²) in [6.07, 6.45) is 0. The van der Waals surface area contributed by atoms with E-state index in [2.05, 4.69) is 5.32 Å². The lowest BCUT2D eigenvalue weighted by Crippen LogP contribution is -2.34. The second-order valence-electron chi connectivity index (χ2n) is 3.72. The van der Waals surface area contributed by atoms with Crippen molar-refractivity contribution in [3.05, 3.63) is 35.4 Å². The Bertz CT molecular complexity index is 390. The van der Waals surface area contributed by atoms with Crippen LogP contribution in [0.5, 0.6) is 0 Å². The number of carbonyl (C=O) groups is 2. The number of rotatable bonds is 6. The molecule has 0 radical (unpaired) electrons. The maximum Gasteiger partial charge on any atom is 0.236 e. The Morgan fingerprint density at radius 3 is 2.53 bits per heavy atom. The Kier molecular flexibility index (Phi) is 5.56. The van der Waals surface area contributed by atoms with Gasteiger partial charge in [-0.1, -0.05) is 29.8 Å². The van der Waals surface area contributed by atoms with Crippen LogP contribution in [0, 0.1) is 6.92 Å². The fourth-order valence-corrected chi connectivity index (χ4v) is 2.00. The average molecular weight is 252 g/mol. The molecule has 1 aromatic rings. The van der Waals surface area contributed by atoms with Gasteiger partial charge in [0.25, 0.3) is 0 Å². The van der Waals surface area contributed by atoms with Gasteiger partial charge in [0, 0.05) is 5.75 Å². The lowest BCUT2D eigenvalue weighted by atomic mass is 10.2. The topological polar surface area (TPSA) is 72.2 Å². The zero-order valence-corrected chi connectivity index (χ0v) is 10.5. The van der Waals surface area contributed by atoms with E-state index >= 15 is 0 Å². The van der Waals surface area contributed by atoms with Crippen LogP contribution < -0.4 is 11.1 Å². The van der Waals surface area contributed by atoms with Gasteiger partial charge in [0.05, 0.1) is 12.3 Å². The van der Waals surface area contributed by atoms with Crippen molar-refractivity contribution < 1.29 is 9.59 Å².